The first-order valence-corrected chi connectivity index (χ1v) is 8.14. The van der Waals surface area contributed by atoms with E-state index in [0.29, 0.717) is 0 Å². The van der Waals surface area contributed by atoms with Crippen LogP contribution in [0.2, 0.25) is 0 Å². The lowest BCUT2D eigenvalue weighted by atomic mass is 10.1. The van der Waals surface area contributed by atoms with Crippen molar-refractivity contribution in [2.45, 2.75) is 4.90 Å². The summed E-state index contributed by atoms with van der Waals surface area (Å²) < 4.78 is 8.54. The van der Waals surface area contributed by atoms with Crippen LogP contribution in [0.5, 0.6) is 0 Å². The fraction of sp³-hybridized carbons (Fsp3) is 0. The van der Waals surface area contributed by atoms with Crippen LogP contribution in [0.25, 0.3) is 22.1 Å². The molecule has 1 N–H and O–H groups in total. The number of rotatable bonds is 4. The van der Waals surface area contributed by atoms with E-state index in [9.17, 15) is 0 Å². The van der Waals surface area contributed by atoms with E-state index in [1.54, 1.807) is 0 Å². The quantitative estimate of drug-likeness (QED) is 0.496. The summed E-state index contributed by atoms with van der Waals surface area (Å²) >= 11 is 1.52. The number of anilines is 1. The van der Waals surface area contributed by atoms with E-state index in [0.717, 1.165) is 21.7 Å². The Morgan fingerprint density at radius 3 is 2.26 bits per heavy atom. The molecule has 1 aromatic heterocycles. The second-order valence-corrected chi connectivity index (χ2v) is 6.00. The average Bonchev–Trinajstić information content (AvgIpc) is 3.04. The zero-order chi connectivity index (χ0) is 15.5. The number of hydrogen-bond donors (Lipinski definition) is 1. The largest absolute Gasteiger partial charge is 0.354 e. The molecule has 0 aliphatic heterocycles. The molecule has 0 bridgehead atoms. The van der Waals surface area contributed by atoms with Crippen molar-refractivity contribution >= 4 is 28.7 Å². The molecule has 4 heteroatoms. The van der Waals surface area contributed by atoms with Gasteiger partial charge in [-0.15, -0.1) is 0 Å². The van der Waals surface area contributed by atoms with Gasteiger partial charge in [0.25, 0.3) is 0 Å². The lowest BCUT2D eigenvalue weighted by Crippen LogP contribution is -1.87. The molecule has 0 radical (unpaired) electrons. The zero-order valence-corrected chi connectivity index (χ0v) is 13.1. The van der Waals surface area contributed by atoms with Crippen molar-refractivity contribution in [2.75, 3.05) is 4.72 Å². The van der Waals surface area contributed by atoms with Crippen molar-refractivity contribution in [3.63, 3.8) is 0 Å². The van der Waals surface area contributed by atoms with Gasteiger partial charge in [-0.2, -0.15) is 0 Å². The van der Waals surface area contributed by atoms with Gasteiger partial charge in [0, 0.05) is 4.90 Å². The molecular weight excluding hydrogens is 304 g/mol. The monoisotopic (exact) mass is 318 g/mol. The number of nitrogens with zero attached hydrogens (tertiary/aromatic N) is 1. The molecule has 0 unspecified atom stereocenters. The van der Waals surface area contributed by atoms with E-state index >= 15 is 0 Å². The Balaban J connectivity index is 1.49. The summed E-state index contributed by atoms with van der Waals surface area (Å²) in [6, 6.07) is 26.6. The molecule has 0 saturated carbocycles. The van der Waals surface area contributed by atoms with Crippen LogP contribution in [0.15, 0.2) is 88.3 Å². The van der Waals surface area contributed by atoms with Crippen LogP contribution in [-0.2, 0) is 0 Å². The van der Waals surface area contributed by atoms with Crippen LogP contribution in [0, 0.1) is 0 Å². The van der Waals surface area contributed by atoms with Gasteiger partial charge in [0.2, 0.25) is 0 Å². The van der Waals surface area contributed by atoms with Crippen LogP contribution in [0.4, 0.5) is 5.82 Å². The Morgan fingerprint density at radius 1 is 0.739 bits per heavy atom. The standard InChI is InChI=1S/C19H14N2OS/c1-2-6-14(7-3-1)15-10-12-16(13-11-15)23-21-19-17-8-4-5-9-18(17)22-20-19/h1-13H,(H,20,21). The first-order chi connectivity index (χ1) is 11.4. The van der Waals surface area contributed by atoms with Crippen LogP contribution in [-0.4, -0.2) is 5.16 Å². The number of para-hydroxylation sites is 1. The maximum atomic E-state index is 5.29. The second kappa shape index (κ2) is 6.18. The molecule has 0 atom stereocenters. The van der Waals surface area contributed by atoms with Gasteiger partial charge in [-0.3, -0.25) is 0 Å². The van der Waals surface area contributed by atoms with E-state index < -0.39 is 0 Å². The molecule has 0 fully saturated rings. The molecule has 0 aliphatic carbocycles. The summed E-state index contributed by atoms with van der Waals surface area (Å²) in [7, 11) is 0. The van der Waals surface area contributed by atoms with Crippen molar-refractivity contribution in [3.8, 4) is 11.1 Å². The maximum Gasteiger partial charge on any atom is 0.187 e. The Bertz CT molecular complexity index is 917. The minimum atomic E-state index is 0.748. The fourth-order valence-corrected chi connectivity index (χ4v) is 3.05. The molecule has 0 amide bonds. The molecule has 4 rings (SSSR count). The highest BCUT2D eigenvalue weighted by molar-refractivity contribution is 8.00. The number of hydrogen-bond acceptors (Lipinski definition) is 4. The number of nitrogens with one attached hydrogen (secondary N) is 1. The summed E-state index contributed by atoms with van der Waals surface area (Å²) in [6.45, 7) is 0. The van der Waals surface area contributed by atoms with Crippen molar-refractivity contribution in [2.24, 2.45) is 0 Å². The average molecular weight is 318 g/mol. The van der Waals surface area contributed by atoms with E-state index in [4.69, 9.17) is 4.52 Å². The normalized spacial score (nSPS) is 10.8. The topological polar surface area (TPSA) is 38.1 Å². The van der Waals surface area contributed by atoms with Crippen molar-refractivity contribution in [1.82, 2.24) is 5.16 Å². The van der Waals surface area contributed by atoms with Gasteiger partial charge in [0.05, 0.1) is 5.39 Å². The molecule has 23 heavy (non-hydrogen) atoms. The van der Waals surface area contributed by atoms with Gasteiger partial charge in [-0.1, -0.05) is 59.8 Å². The van der Waals surface area contributed by atoms with E-state index in [-0.39, 0.29) is 0 Å². The second-order valence-electron chi connectivity index (χ2n) is 5.12. The van der Waals surface area contributed by atoms with Gasteiger partial charge in [0.1, 0.15) is 0 Å². The molecule has 3 nitrogen and oxygen atoms in total. The molecule has 0 saturated heterocycles. The summed E-state index contributed by atoms with van der Waals surface area (Å²) in [6.07, 6.45) is 0. The van der Waals surface area contributed by atoms with Crippen LogP contribution >= 0.6 is 11.9 Å². The maximum absolute atomic E-state index is 5.29. The first-order valence-electron chi connectivity index (χ1n) is 7.33. The number of benzene rings is 3. The van der Waals surface area contributed by atoms with E-state index in [1.165, 1.54) is 23.1 Å². The molecule has 3 aromatic carbocycles. The van der Waals surface area contributed by atoms with Crippen molar-refractivity contribution in [3.05, 3.63) is 78.9 Å². The van der Waals surface area contributed by atoms with Crippen LogP contribution in [0.3, 0.4) is 0 Å². The minimum Gasteiger partial charge on any atom is -0.354 e. The molecule has 1 heterocycles. The minimum absolute atomic E-state index is 0.748. The lowest BCUT2D eigenvalue weighted by Gasteiger charge is -2.05. The summed E-state index contributed by atoms with van der Waals surface area (Å²) in [5, 5.41) is 5.06. The third-order valence-corrected chi connectivity index (χ3v) is 4.41. The Kier molecular flexibility index (Phi) is 3.74. The smallest absolute Gasteiger partial charge is 0.187 e. The molecule has 0 spiro atoms. The molecule has 0 aliphatic rings. The van der Waals surface area contributed by atoms with Gasteiger partial charge in [-0.05, 0) is 47.3 Å². The Morgan fingerprint density at radius 2 is 1.43 bits per heavy atom. The van der Waals surface area contributed by atoms with Crippen molar-refractivity contribution < 1.29 is 4.52 Å². The predicted molar refractivity (Wildman–Crippen MR) is 95.4 cm³/mol. The highest BCUT2D eigenvalue weighted by Crippen LogP contribution is 2.28. The zero-order valence-electron chi connectivity index (χ0n) is 12.3. The number of fused-ring (bicyclic) bond motifs is 1. The predicted octanol–water partition coefficient (Wildman–Crippen LogP) is 5.61. The Labute approximate surface area is 138 Å². The van der Waals surface area contributed by atoms with E-state index in [1.807, 2.05) is 30.3 Å². The molecule has 4 aromatic rings. The van der Waals surface area contributed by atoms with Gasteiger partial charge >= 0.3 is 0 Å². The fourth-order valence-electron chi connectivity index (χ4n) is 2.41. The Hall–Kier alpha value is -2.72. The summed E-state index contributed by atoms with van der Waals surface area (Å²) in [4.78, 5) is 1.12. The third-order valence-electron chi connectivity index (χ3n) is 3.60. The highest BCUT2D eigenvalue weighted by Gasteiger charge is 2.07. The molecule has 112 valence electrons. The van der Waals surface area contributed by atoms with Gasteiger partial charge < -0.3 is 9.25 Å². The van der Waals surface area contributed by atoms with Gasteiger partial charge in [0.15, 0.2) is 11.4 Å². The number of aromatic nitrogens is 1. The third kappa shape index (κ3) is 2.94. The summed E-state index contributed by atoms with van der Waals surface area (Å²) in [5.41, 5.74) is 3.22. The van der Waals surface area contributed by atoms with Crippen LogP contribution < -0.4 is 4.72 Å². The van der Waals surface area contributed by atoms with Crippen molar-refractivity contribution in [1.29, 1.82) is 0 Å². The SMILES string of the molecule is c1ccc(-c2ccc(SNc3noc4ccccc34)cc2)cc1. The summed E-state index contributed by atoms with van der Waals surface area (Å²) in [5.74, 6) is 0.748. The molecular formula is C19H14N2OS. The first kappa shape index (κ1) is 13.9. The van der Waals surface area contributed by atoms with Crippen LogP contribution in [0.1, 0.15) is 0 Å². The van der Waals surface area contributed by atoms with Gasteiger partial charge in [-0.25, -0.2) is 0 Å². The highest BCUT2D eigenvalue weighted by atomic mass is 32.2. The van der Waals surface area contributed by atoms with E-state index in [2.05, 4.69) is 58.4 Å². The lowest BCUT2D eigenvalue weighted by molar-refractivity contribution is 0.460.